The highest BCUT2D eigenvalue weighted by atomic mass is 16.5. The Labute approximate surface area is 146 Å². The van der Waals surface area contributed by atoms with E-state index in [1.54, 1.807) is 0 Å². The zero-order chi connectivity index (χ0) is 16.6. The quantitative estimate of drug-likeness (QED) is 0.894. The number of fused-ring (bicyclic) bond motifs is 2. The van der Waals surface area contributed by atoms with Gasteiger partial charge in [0.25, 0.3) is 0 Å². The van der Waals surface area contributed by atoms with E-state index in [0.717, 1.165) is 30.9 Å². The molecule has 3 fully saturated rings. The second kappa shape index (κ2) is 6.78. The van der Waals surface area contributed by atoms with Crippen LogP contribution in [0.25, 0.3) is 0 Å². The van der Waals surface area contributed by atoms with Crippen molar-refractivity contribution in [1.29, 1.82) is 0 Å². The summed E-state index contributed by atoms with van der Waals surface area (Å²) >= 11 is 0. The van der Waals surface area contributed by atoms with Crippen molar-refractivity contribution in [2.45, 2.75) is 75.2 Å². The molecule has 1 N–H and O–H groups in total. The molecule has 3 nitrogen and oxygen atoms in total. The van der Waals surface area contributed by atoms with Crippen molar-refractivity contribution in [2.24, 2.45) is 5.92 Å². The lowest BCUT2D eigenvalue weighted by Crippen LogP contribution is -2.48. The molecule has 4 rings (SSSR count). The van der Waals surface area contributed by atoms with Crippen LogP contribution in [0.5, 0.6) is 0 Å². The molecule has 4 atom stereocenters. The van der Waals surface area contributed by atoms with Crippen LogP contribution in [0.15, 0.2) is 30.3 Å². The molecule has 0 amide bonds. The minimum atomic E-state index is -0.828. The van der Waals surface area contributed by atoms with Gasteiger partial charge in [0, 0.05) is 12.1 Å². The molecular formula is C21H31NO2. The highest BCUT2D eigenvalue weighted by molar-refractivity contribution is 5.24. The first-order chi connectivity index (χ1) is 11.7. The fourth-order valence-corrected chi connectivity index (χ4v) is 5.38. The van der Waals surface area contributed by atoms with Crippen LogP contribution in [0.2, 0.25) is 0 Å². The lowest BCUT2D eigenvalue weighted by atomic mass is 9.80. The van der Waals surface area contributed by atoms with E-state index < -0.39 is 5.60 Å². The molecule has 0 aromatic heterocycles. The van der Waals surface area contributed by atoms with Crippen LogP contribution in [0, 0.1) is 5.92 Å². The number of nitrogens with zero attached hydrogens (tertiary/aromatic N) is 1. The average Bonchev–Trinajstić information content (AvgIpc) is 3.22. The minimum absolute atomic E-state index is 0.283. The number of aliphatic hydroxyl groups is 1. The molecular weight excluding hydrogens is 298 g/mol. The van der Waals surface area contributed by atoms with Gasteiger partial charge in [-0.1, -0.05) is 43.2 Å². The molecule has 1 aromatic carbocycles. The van der Waals surface area contributed by atoms with Gasteiger partial charge in [0.05, 0.1) is 12.7 Å². The van der Waals surface area contributed by atoms with Crippen LogP contribution in [0.1, 0.15) is 56.9 Å². The first-order valence-electron chi connectivity index (χ1n) is 9.80. The van der Waals surface area contributed by atoms with Crippen LogP contribution >= 0.6 is 0 Å². The molecule has 3 aliphatic rings. The number of benzene rings is 1. The molecule has 2 aliphatic heterocycles. The van der Waals surface area contributed by atoms with Crippen LogP contribution in [0.4, 0.5) is 0 Å². The summed E-state index contributed by atoms with van der Waals surface area (Å²) in [6.07, 6.45) is 9.93. The standard InChI is InChI=1S/C21H31NO2/c1-22-18-11-13-19(22)20(14-12-18)24-15-21(23,17-9-5-6-10-17)16-7-3-2-4-8-16/h2-4,7-8,17-20,23H,5-6,9-15H2,1H3/t18-,19+,20-,21+/m1/s1. The first kappa shape index (κ1) is 16.6. The van der Waals surface area contributed by atoms with Crippen molar-refractivity contribution in [2.75, 3.05) is 13.7 Å². The Bertz CT molecular complexity index is 542. The van der Waals surface area contributed by atoms with Gasteiger partial charge in [-0.25, -0.2) is 0 Å². The number of piperidine rings is 1. The minimum Gasteiger partial charge on any atom is -0.382 e. The zero-order valence-electron chi connectivity index (χ0n) is 14.9. The van der Waals surface area contributed by atoms with Crippen LogP contribution in [0.3, 0.4) is 0 Å². The maximum Gasteiger partial charge on any atom is 0.116 e. The van der Waals surface area contributed by atoms with E-state index in [4.69, 9.17) is 4.74 Å². The summed E-state index contributed by atoms with van der Waals surface area (Å²) in [5.74, 6) is 0.331. The van der Waals surface area contributed by atoms with Gasteiger partial charge < -0.3 is 9.84 Å². The molecule has 132 valence electrons. The Morgan fingerprint density at radius 1 is 1.04 bits per heavy atom. The van der Waals surface area contributed by atoms with Crippen molar-refractivity contribution < 1.29 is 9.84 Å². The number of likely N-dealkylation sites (N-methyl/N-ethyl adjacent to an activating group) is 1. The van der Waals surface area contributed by atoms with E-state index in [1.807, 2.05) is 18.2 Å². The molecule has 0 spiro atoms. The third kappa shape index (κ3) is 2.91. The summed E-state index contributed by atoms with van der Waals surface area (Å²) in [5.41, 5.74) is 0.205. The molecule has 0 unspecified atom stereocenters. The Kier molecular flexibility index (Phi) is 4.68. The molecule has 1 saturated carbocycles. The highest BCUT2D eigenvalue weighted by Crippen LogP contribution is 2.42. The van der Waals surface area contributed by atoms with Gasteiger partial charge in [-0.2, -0.15) is 0 Å². The predicted molar refractivity (Wildman–Crippen MR) is 95.8 cm³/mol. The molecule has 1 aliphatic carbocycles. The van der Waals surface area contributed by atoms with Crippen LogP contribution in [-0.2, 0) is 10.3 Å². The third-order valence-electron chi connectivity index (χ3n) is 6.93. The lowest BCUT2D eigenvalue weighted by Gasteiger charge is -2.40. The maximum absolute atomic E-state index is 11.6. The number of hydrogen-bond acceptors (Lipinski definition) is 3. The Balaban J connectivity index is 1.50. The molecule has 2 saturated heterocycles. The van der Waals surface area contributed by atoms with Crippen molar-refractivity contribution in [3.05, 3.63) is 35.9 Å². The van der Waals surface area contributed by atoms with Crippen molar-refractivity contribution in [3.63, 3.8) is 0 Å². The fourth-order valence-electron chi connectivity index (χ4n) is 5.38. The third-order valence-corrected chi connectivity index (χ3v) is 6.93. The molecule has 24 heavy (non-hydrogen) atoms. The molecule has 1 aromatic rings. The van der Waals surface area contributed by atoms with Gasteiger partial charge in [-0.3, -0.25) is 4.90 Å². The smallest absolute Gasteiger partial charge is 0.116 e. The van der Waals surface area contributed by atoms with Crippen LogP contribution in [-0.4, -0.2) is 41.8 Å². The van der Waals surface area contributed by atoms with Crippen molar-refractivity contribution in [1.82, 2.24) is 4.90 Å². The van der Waals surface area contributed by atoms with Crippen molar-refractivity contribution >= 4 is 0 Å². The first-order valence-corrected chi connectivity index (χ1v) is 9.80. The van der Waals surface area contributed by atoms with Gasteiger partial charge in [-0.15, -0.1) is 0 Å². The zero-order valence-corrected chi connectivity index (χ0v) is 14.9. The summed E-state index contributed by atoms with van der Waals surface area (Å²) in [6.45, 7) is 0.446. The maximum atomic E-state index is 11.6. The summed E-state index contributed by atoms with van der Waals surface area (Å²) < 4.78 is 6.42. The second-order valence-electron chi connectivity index (χ2n) is 8.16. The largest absolute Gasteiger partial charge is 0.382 e. The van der Waals surface area contributed by atoms with E-state index in [2.05, 4.69) is 24.1 Å². The normalized spacial score (nSPS) is 33.7. The Morgan fingerprint density at radius 3 is 2.50 bits per heavy atom. The monoisotopic (exact) mass is 329 g/mol. The van der Waals surface area contributed by atoms with E-state index in [0.29, 0.717) is 18.6 Å². The van der Waals surface area contributed by atoms with E-state index >= 15 is 0 Å². The molecule has 2 heterocycles. The summed E-state index contributed by atoms with van der Waals surface area (Å²) in [5, 5.41) is 11.6. The highest BCUT2D eigenvalue weighted by Gasteiger charge is 2.44. The topological polar surface area (TPSA) is 32.7 Å². The SMILES string of the molecule is CN1[C@H]2CC[C@@H](OC[C@](O)(c3ccccc3)C3CCCC3)[C@@H]1CC2. The number of ether oxygens (including phenoxy) is 1. The molecule has 3 heteroatoms. The van der Waals surface area contributed by atoms with Gasteiger partial charge in [0.1, 0.15) is 5.60 Å². The Hall–Kier alpha value is -0.900. The average molecular weight is 329 g/mol. The molecule has 2 bridgehead atoms. The summed E-state index contributed by atoms with van der Waals surface area (Å²) in [6, 6.07) is 11.5. The number of hydrogen-bond donors (Lipinski definition) is 1. The van der Waals surface area contributed by atoms with E-state index in [1.165, 1.54) is 32.1 Å². The Morgan fingerprint density at radius 2 is 1.75 bits per heavy atom. The number of rotatable bonds is 5. The fraction of sp³-hybridized carbons (Fsp3) is 0.714. The summed E-state index contributed by atoms with van der Waals surface area (Å²) in [7, 11) is 2.25. The summed E-state index contributed by atoms with van der Waals surface area (Å²) in [4.78, 5) is 2.52. The van der Waals surface area contributed by atoms with Gasteiger partial charge in [-0.05, 0) is 57.1 Å². The lowest BCUT2D eigenvalue weighted by molar-refractivity contribution is -0.129. The van der Waals surface area contributed by atoms with E-state index in [9.17, 15) is 5.11 Å². The predicted octanol–water partition coefficient (Wildman–Crippen LogP) is 3.71. The van der Waals surface area contributed by atoms with Gasteiger partial charge in [0.2, 0.25) is 0 Å². The van der Waals surface area contributed by atoms with Gasteiger partial charge >= 0.3 is 0 Å². The van der Waals surface area contributed by atoms with Crippen molar-refractivity contribution in [3.8, 4) is 0 Å². The van der Waals surface area contributed by atoms with E-state index in [-0.39, 0.29) is 6.10 Å². The second-order valence-corrected chi connectivity index (χ2v) is 8.16. The van der Waals surface area contributed by atoms with Gasteiger partial charge in [0.15, 0.2) is 0 Å². The molecule has 0 radical (unpaired) electrons. The van der Waals surface area contributed by atoms with Crippen LogP contribution < -0.4 is 0 Å².